The summed E-state index contributed by atoms with van der Waals surface area (Å²) in [6, 6.07) is 7.70. The maximum absolute atomic E-state index is 13.0. The van der Waals surface area contributed by atoms with Gasteiger partial charge in [0.15, 0.2) is 0 Å². The fourth-order valence-electron chi connectivity index (χ4n) is 5.45. The lowest BCUT2D eigenvalue weighted by molar-refractivity contribution is -0.139. The van der Waals surface area contributed by atoms with Gasteiger partial charge in [0.05, 0.1) is 6.61 Å². The van der Waals surface area contributed by atoms with Gasteiger partial charge in [-0.3, -0.25) is 9.69 Å². The summed E-state index contributed by atoms with van der Waals surface area (Å²) in [5.41, 5.74) is 2.78. The van der Waals surface area contributed by atoms with Crippen molar-refractivity contribution in [2.24, 2.45) is 5.92 Å². The summed E-state index contributed by atoms with van der Waals surface area (Å²) in [5, 5.41) is 0. The van der Waals surface area contributed by atoms with Crippen molar-refractivity contribution in [3.05, 3.63) is 29.3 Å². The van der Waals surface area contributed by atoms with Gasteiger partial charge in [-0.1, -0.05) is 12.1 Å². The molecule has 0 aromatic heterocycles. The second-order valence-corrected chi connectivity index (χ2v) is 8.90. The van der Waals surface area contributed by atoms with Crippen molar-refractivity contribution < 1.29 is 9.53 Å². The molecule has 0 N–H and O–H groups in total. The summed E-state index contributed by atoms with van der Waals surface area (Å²) >= 11 is 0. The highest BCUT2D eigenvalue weighted by Crippen LogP contribution is 2.33. The Morgan fingerprint density at radius 1 is 1.19 bits per heavy atom. The Bertz CT molecular complexity index is 714. The first-order valence-corrected chi connectivity index (χ1v) is 10.6. The van der Waals surface area contributed by atoms with Crippen LogP contribution in [-0.4, -0.2) is 79.1 Å². The first-order chi connectivity index (χ1) is 13.2. The molecule has 4 aliphatic heterocycles. The minimum absolute atomic E-state index is 0.266. The van der Waals surface area contributed by atoms with Gasteiger partial charge in [0, 0.05) is 44.1 Å². The van der Waals surface area contributed by atoms with E-state index < -0.39 is 0 Å². The van der Waals surface area contributed by atoms with E-state index in [9.17, 15) is 4.79 Å². The number of nitrogens with zero attached hydrogens (tertiary/aromatic N) is 3. The number of hydrogen-bond donors (Lipinski definition) is 0. The lowest BCUT2D eigenvalue weighted by Gasteiger charge is -2.37. The number of benzene rings is 1. The fraction of sp³-hybridized carbons (Fsp3) is 0.682. The van der Waals surface area contributed by atoms with E-state index in [2.05, 4.69) is 39.9 Å². The number of likely N-dealkylation sites (tertiary alicyclic amines) is 3. The SMILES string of the molecule is CN1CCC(C(=O)N2C[C@@H]3C[C@H]2CN3CCc2ccc3c(c2)CCO3)CC1. The van der Waals surface area contributed by atoms with Crippen LogP contribution in [0.2, 0.25) is 0 Å². The van der Waals surface area contributed by atoms with E-state index in [-0.39, 0.29) is 5.92 Å². The number of piperazine rings is 1. The predicted octanol–water partition coefficient (Wildman–Crippen LogP) is 1.79. The van der Waals surface area contributed by atoms with Crippen LogP contribution in [0.5, 0.6) is 5.75 Å². The van der Waals surface area contributed by atoms with Gasteiger partial charge in [0.2, 0.25) is 5.91 Å². The number of ether oxygens (including phenoxy) is 1. The van der Waals surface area contributed by atoms with Crippen LogP contribution in [0, 0.1) is 5.92 Å². The summed E-state index contributed by atoms with van der Waals surface area (Å²) in [6.45, 7) is 6.09. The van der Waals surface area contributed by atoms with Crippen LogP contribution in [0.25, 0.3) is 0 Å². The summed E-state index contributed by atoms with van der Waals surface area (Å²) in [4.78, 5) is 20.2. The average molecular weight is 370 g/mol. The zero-order chi connectivity index (χ0) is 18.4. The Labute approximate surface area is 162 Å². The molecule has 0 spiro atoms. The van der Waals surface area contributed by atoms with E-state index in [1.807, 2.05) is 0 Å². The Morgan fingerprint density at radius 2 is 2.04 bits per heavy atom. The van der Waals surface area contributed by atoms with Crippen LogP contribution in [0.1, 0.15) is 30.4 Å². The molecule has 3 fully saturated rings. The van der Waals surface area contributed by atoms with E-state index in [0.717, 1.165) is 70.8 Å². The maximum Gasteiger partial charge on any atom is 0.226 e. The number of fused-ring (bicyclic) bond motifs is 3. The van der Waals surface area contributed by atoms with Crippen LogP contribution in [0.3, 0.4) is 0 Å². The van der Waals surface area contributed by atoms with Crippen molar-refractivity contribution in [2.45, 2.75) is 44.2 Å². The molecule has 27 heavy (non-hydrogen) atoms. The number of carbonyl (C=O) groups excluding carboxylic acids is 1. The molecule has 0 unspecified atom stereocenters. The Hall–Kier alpha value is -1.59. The third-order valence-electron chi connectivity index (χ3n) is 7.15. The number of rotatable bonds is 4. The van der Waals surface area contributed by atoms with Crippen molar-refractivity contribution in [3.63, 3.8) is 0 Å². The smallest absolute Gasteiger partial charge is 0.226 e. The molecule has 1 aromatic rings. The molecule has 0 saturated carbocycles. The minimum atomic E-state index is 0.266. The van der Waals surface area contributed by atoms with Gasteiger partial charge in [-0.15, -0.1) is 0 Å². The van der Waals surface area contributed by atoms with Crippen LogP contribution in [-0.2, 0) is 17.6 Å². The van der Waals surface area contributed by atoms with Crippen LogP contribution in [0.15, 0.2) is 18.2 Å². The molecule has 0 aliphatic carbocycles. The third kappa shape index (κ3) is 3.36. The minimum Gasteiger partial charge on any atom is -0.493 e. The van der Waals surface area contributed by atoms with Crippen molar-refractivity contribution >= 4 is 5.91 Å². The molecule has 4 aliphatic rings. The van der Waals surface area contributed by atoms with Crippen molar-refractivity contribution in [3.8, 4) is 5.75 Å². The van der Waals surface area contributed by atoms with Crippen LogP contribution < -0.4 is 4.74 Å². The van der Waals surface area contributed by atoms with Gasteiger partial charge < -0.3 is 14.5 Å². The van der Waals surface area contributed by atoms with E-state index in [1.165, 1.54) is 17.5 Å². The number of carbonyl (C=O) groups is 1. The molecule has 1 aromatic carbocycles. The quantitative estimate of drug-likeness (QED) is 0.811. The van der Waals surface area contributed by atoms with E-state index in [4.69, 9.17) is 4.74 Å². The summed E-state index contributed by atoms with van der Waals surface area (Å²) in [5.74, 6) is 1.78. The third-order valence-corrected chi connectivity index (χ3v) is 7.15. The van der Waals surface area contributed by atoms with Gasteiger partial charge in [-0.05, 0) is 63.0 Å². The van der Waals surface area contributed by atoms with Crippen molar-refractivity contribution in [2.75, 3.05) is 46.4 Å². The number of amides is 1. The van der Waals surface area contributed by atoms with E-state index >= 15 is 0 Å². The highest BCUT2D eigenvalue weighted by molar-refractivity contribution is 5.80. The highest BCUT2D eigenvalue weighted by atomic mass is 16.5. The Kier molecular flexibility index (Phi) is 4.60. The van der Waals surface area contributed by atoms with Gasteiger partial charge in [0.25, 0.3) is 0 Å². The molecule has 5 heteroatoms. The fourth-order valence-corrected chi connectivity index (χ4v) is 5.45. The zero-order valence-electron chi connectivity index (χ0n) is 16.4. The lowest BCUT2D eigenvalue weighted by atomic mass is 9.95. The normalized spacial score (nSPS) is 28.6. The standard InChI is InChI=1S/C22H31N3O2/c1-23-8-5-17(6-9-23)22(26)25-15-19-13-20(25)14-24(19)10-4-16-2-3-21-18(12-16)7-11-27-21/h2-3,12,17,19-20H,4-11,13-15H2,1H3/t19-,20-/m0/s1. The number of piperidine rings is 1. The summed E-state index contributed by atoms with van der Waals surface area (Å²) in [7, 11) is 2.16. The van der Waals surface area contributed by atoms with Gasteiger partial charge >= 0.3 is 0 Å². The molecule has 1 amide bonds. The Morgan fingerprint density at radius 3 is 2.81 bits per heavy atom. The molecule has 146 valence electrons. The molecule has 5 rings (SSSR count). The molecule has 4 heterocycles. The van der Waals surface area contributed by atoms with E-state index in [0.29, 0.717) is 18.0 Å². The van der Waals surface area contributed by atoms with Gasteiger partial charge in [0.1, 0.15) is 5.75 Å². The predicted molar refractivity (Wildman–Crippen MR) is 105 cm³/mol. The molecule has 3 saturated heterocycles. The first kappa shape index (κ1) is 17.5. The first-order valence-electron chi connectivity index (χ1n) is 10.6. The second kappa shape index (κ2) is 7.10. The monoisotopic (exact) mass is 369 g/mol. The van der Waals surface area contributed by atoms with Crippen molar-refractivity contribution in [1.29, 1.82) is 0 Å². The second-order valence-electron chi connectivity index (χ2n) is 8.90. The average Bonchev–Trinajstić information content (AvgIpc) is 3.41. The zero-order valence-corrected chi connectivity index (χ0v) is 16.4. The van der Waals surface area contributed by atoms with Crippen molar-refractivity contribution in [1.82, 2.24) is 14.7 Å². The molecular formula is C22H31N3O2. The van der Waals surface area contributed by atoms with E-state index in [1.54, 1.807) is 0 Å². The van der Waals surface area contributed by atoms with Crippen LogP contribution >= 0.6 is 0 Å². The topological polar surface area (TPSA) is 36.0 Å². The molecule has 5 nitrogen and oxygen atoms in total. The summed E-state index contributed by atoms with van der Waals surface area (Å²) < 4.78 is 5.61. The van der Waals surface area contributed by atoms with Crippen LogP contribution in [0.4, 0.5) is 0 Å². The largest absolute Gasteiger partial charge is 0.493 e. The lowest BCUT2D eigenvalue weighted by Crippen LogP contribution is -2.51. The highest BCUT2D eigenvalue weighted by Gasteiger charge is 2.46. The van der Waals surface area contributed by atoms with Gasteiger partial charge in [-0.25, -0.2) is 0 Å². The molecule has 2 atom stereocenters. The van der Waals surface area contributed by atoms with Gasteiger partial charge in [-0.2, -0.15) is 0 Å². The number of hydrogen-bond acceptors (Lipinski definition) is 4. The Balaban J connectivity index is 1.14. The summed E-state index contributed by atoms with van der Waals surface area (Å²) in [6.07, 6.45) is 5.39. The molecule has 2 bridgehead atoms. The molecular weight excluding hydrogens is 338 g/mol. The molecule has 0 radical (unpaired) electrons. The maximum atomic E-state index is 13.0.